The minimum absolute atomic E-state index is 0.00846. The van der Waals surface area contributed by atoms with E-state index in [1.807, 2.05) is 36.1 Å². The molecule has 1 aromatic carbocycles. The van der Waals surface area contributed by atoms with Crippen LogP contribution in [-0.4, -0.2) is 29.6 Å². The monoisotopic (exact) mass is 272 g/mol. The largest absolute Gasteiger partial charge is 0.387 e. The molecule has 1 unspecified atom stereocenters. The van der Waals surface area contributed by atoms with Crippen molar-refractivity contribution in [3.8, 4) is 0 Å². The van der Waals surface area contributed by atoms with E-state index in [1.54, 1.807) is 0 Å². The van der Waals surface area contributed by atoms with Crippen molar-refractivity contribution in [2.45, 2.75) is 38.7 Å². The first-order chi connectivity index (χ1) is 9.74. The summed E-state index contributed by atoms with van der Waals surface area (Å²) < 4.78 is 0. The van der Waals surface area contributed by atoms with Gasteiger partial charge in [0.15, 0.2) is 6.10 Å². The van der Waals surface area contributed by atoms with Gasteiger partial charge in [0.25, 0.3) is 5.91 Å². The van der Waals surface area contributed by atoms with Crippen molar-refractivity contribution in [2.75, 3.05) is 13.1 Å². The Morgan fingerprint density at radius 2 is 1.90 bits per heavy atom. The number of piperidine rings is 1. The molecule has 0 saturated carbocycles. The van der Waals surface area contributed by atoms with Crippen LogP contribution in [0, 0.1) is 0 Å². The summed E-state index contributed by atoms with van der Waals surface area (Å²) in [7, 11) is 0. The quantitative estimate of drug-likeness (QED) is 0.830. The first-order valence-corrected chi connectivity index (χ1v) is 7.32. The number of oxime groups is 1. The van der Waals surface area contributed by atoms with Crippen LogP contribution in [0.1, 0.15) is 54.6 Å². The average Bonchev–Trinajstić information content (AvgIpc) is 2.94. The fourth-order valence-electron chi connectivity index (χ4n) is 2.80. The number of likely N-dealkylation sites (tertiary alicyclic amines) is 1. The van der Waals surface area contributed by atoms with Gasteiger partial charge in [-0.15, -0.1) is 0 Å². The van der Waals surface area contributed by atoms with Gasteiger partial charge in [0.05, 0.1) is 5.71 Å². The van der Waals surface area contributed by atoms with Crippen molar-refractivity contribution in [1.29, 1.82) is 0 Å². The van der Waals surface area contributed by atoms with Crippen LogP contribution < -0.4 is 0 Å². The van der Waals surface area contributed by atoms with Gasteiger partial charge in [-0.05, 0) is 43.9 Å². The highest BCUT2D eigenvalue weighted by Gasteiger charge is 2.22. The molecular formula is C16H20N2O2. The maximum absolute atomic E-state index is 12.4. The molecule has 0 radical (unpaired) electrons. The van der Waals surface area contributed by atoms with Crippen LogP contribution >= 0.6 is 0 Å². The molecule has 2 heterocycles. The van der Waals surface area contributed by atoms with Crippen molar-refractivity contribution in [2.24, 2.45) is 5.16 Å². The number of nitrogens with zero attached hydrogens (tertiary/aromatic N) is 2. The third-order valence-corrected chi connectivity index (χ3v) is 3.99. The molecule has 0 N–H and O–H groups in total. The van der Waals surface area contributed by atoms with Gasteiger partial charge in [-0.3, -0.25) is 4.79 Å². The van der Waals surface area contributed by atoms with Crippen LogP contribution in [0.4, 0.5) is 0 Å². The summed E-state index contributed by atoms with van der Waals surface area (Å²) in [4.78, 5) is 19.7. The molecule has 0 aliphatic carbocycles. The predicted molar refractivity (Wildman–Crippen MR) is 77.7 cm³/mol. The highest BCUT2D eigenvalue weighted by molar-refractivity contribution is 5.94. The van der Waals surface area contributed by atoms with E-state index in [2.05, 4.69) is 5.16 Å². The van der Waals surface area contributed by atoms with E-state index >= 15 is 0 Å². The molecule has 1 amide bonds. The van der Waals surface area contributed by atoms with Gasteiger partial charge in [0, 0.05) is 25.1 Å². The first kappa shape index (κ1) is 13.2. The van der Waals surface area contributed by atoms with Crippen molar-refractivity contribution < 1.29 is 9.63 Å². The molecule has 1 fully saturated rings. The molecule has 0 aromatic heterocycles. The Morgan fingerprint density at radius 3 is 2.50 bits per heavy atom. The molecular weight excluding hydrogens is 252 g/mol. The summed E-state index contributed by atoms with van der Waals surface area (Å²) in [6.45, 7) is 3.74. The second-order valence-electron chi connectivity index (χ2n) is 5.60. The second kappa shape index (κ2) is 5.65. The summed E-state index contributed by atoms with van der Waals surface area (Å²) in [6.07, 6.45) is 4.32. The van der Waals surface area contributed by atoms with E-state index in [9.17, 15) is 4.79 Å². The highest BCUT2D eigenvalue weighted by Crippen LogP contribution is 2.27. The number of carbonyl (C=O) groups is 1. The minimum Gasteiger partial charge on any atom is -0.387 e. The lowest BCUT2D eigenvalue weighted by Crippen LogP contribution is -2.35. The smallest absolute Gasteiger partial charge is 0.253 e. The number of hydrogen-bond acceptors (Lipinski definition) is 3. The topological polar surface area (TPSA) is 41.9 Å². The number of benzene rings is 1. The number of rotatable bonds is 2. The van der Waals surface area contributed by atoms with Crippen molar-refractivity contribution in [3.05, 3.63) is 35.4 Å². The molecule has 20 heavy (non-hydrogen) atoms. The zero-order chi connectivity index (χ0) is 13.9. The summed E-state index contributed by atoms with van der Waals surface area (Å²) in [5.41, 5.74) is 2.87. The minimum atomic E-state index is 0.00846. The second-order valence-corrected chi connectivity index (χ2v) is 5.60. The zero-order valence-corrected chi connectivity index (χ0v) is 11.8. The van der Waals surface area contributed by atoms with Crippen molar-refractivity contribution in [1.82, 2.24) is 4.90 Å². The van der Waals surface area contributed by atoms with E-state index in [0.717, 1.165) is 49.2 Å². The maximum Gasteiger partial charge on any atom is 0.253 e. The van der Waals surface area contributed by atoms with Gasteiger partial charge in [0.1, 0.15) is 0 Å². The van der Waals surface area contributed by atoms with Crippen molar-refractivity contribution >= 4 is 11.6 Å². The normalized spacial score (nSPS) is 22.4. The van der Waals surface area contributed by atoms with Crippen LogP contribution in [0.2, 0.25) is 0 Å². The highest BCUT2D eigenvalue weighted by atomic mass is 16.6. The van der Waals surface area contributed by atoms with E-state index in [-0.39, 0.29) is 12.0 Å². The number of hydrogen-bond donors (Lipinski definition) is 0. The van der Waals surface area contributed by atoms with E-state index in [4.69, 9.17) is 4.84 Å². The van der Waals surface area contributed by atoms with Crippen molar-refractivity contribution in [3.63, 3.8) is 0 Å². The van der Waals surface area contributed by atoms with E-state index in [1.165, 1.54) is 6.42 Å². The maximum atomic E-state index is 12.4. The Morgan fingerprint density at radius 1 is 1.20 bits per heavy atom. The zero-order valence-electron chi connectivity index (χ0n) is 11.8. The molecule has 106 valence electrons. The van der Waals surface area contributed by atoms with Crippen LogP contribution in [0.3, 0.4) is 0 Å². The van der Waals surface area contributed by atoms with Gasteiger partial charge in [-0.2, -0.15) is 0 Å². The van der Waals surface area contributed by atoms with Gasteiger partial charge in [-0.1, -0.05) is 17.3 Å². The molecule has 1 aromatic rings. The van der Waals surface area contributed by atoms with Crippen LogP contribution in [0.25, 0.3) is 0 Å². The fraction of sp³-hybridized carbons (Fsp3) is 0.500. The lowest BCUT2D eigenvalue weighted by atomic mass is 10.0. The van der Waals surface area contributed by atoms with Crippen LogP contribution in [-0.2, 0) is 4.84 Å². The number of carbonyl (C=O) groups excluding carboxylic acids is 1. The Hall–Kier alpha value is -1.84. The Labute approximate surface area is 119 Å². The molecule has 4 nitrogen and oxygen atoms in total. The summed E-state index contributed by atoms with van der Waals surface area (Å²) >= 11 is 0. The Bertz CT molecular complexity index is 516. The fourth-order valence-corrected chi connectivity index (χ4v) is 2.80. The lowest BCUT2D eigenvalue weighted by molar-refractivity contribution is 0.0723. The third kappa shape index (κ3) is 2.69. The number of amides is 1. The molecule has 2 aliphatic rings. The van der Waals surface area contributed by atoms with Gasteiger partial charge >= 0.3 is 0 Å². The van der Waals surface area contributed by atoms with Gasteiger partial charge in [0.2, 0.25) is 0 Å². The Balaban J connectivity index is 1.68. The van der Waals surface area contributed by atoms with E-state index in [0.29, 0.717) is 0 Å². The van der Waals surface area contributed by atoms with Crippen LogP contribution in [0.15, 0.2) is 29.4 Å². The summed E-state index contributed by atoms with van der Waals surface area (Å²) in [5.74, 6) is 0.149. The average molecular weight is 272 g/mol. The van der Waals surface area contributed by atoms with Gasteiger partial charge < -0.3 is 9.74 Å². The molecule has 0 bridgehead atoms. The summed E-state index contributed by atoms with van der Waals surface area (Å²) in [5, 5.41) is 3.97. The molecule has 4 heteroatoms. The molecule has 1 atom stereocenters. The Kier molecular flexibility index (Phi) is 3.72. The van der Waals surface area contributed by atoms with Gasteiger partial charge in [-0.25, -0.2) is 0 Å². The predicted octanol–water partition coefficient (Wildman–Crippen LogP) is 3.15. The first-order valence-electron chi connectivity index (χ1n) is 7.32. The molecule has 2 aliphatic heterocycles. The van der Waals surface area contributed by atoms with E-state index < -0.39 is 0 Å². The molecule has 1 saturated heterocycles. The lowest BCUT2D eigenvalue weighted by Gasteiger charge is -2.26. The molecule has 3 rings (SSSR count). The third-order valence-electron chi connectivity index (χ3n) is 3.99. The standard InChI is InChI=1S/C16H20N2O2/c1-12-11-15(20-17-12)13-5-7-14(8-6-13)16(19)18-9-3-2-4-10-18/h5-8,15H,2-4,9-11H2,1H3. The summed E-state index contributed by atoms with van der Waals surface area (Å²) in [6, 6.07) is 7.78. The molecule has 0 spiro atoms. The SMILES string of the molecule is CC1=NOC(c2ccc(C(=O)N3CCCCC3)cc2)C1. The van der Waals surface area contributed by atoms with Crippen LogP contribution in [0.5, 0.6) is 0 Å².